The summed E-state index contributed by atoms with van der Waals surface area (Å²) in [5.41, 5.74) is 4.53. The average molecular weight is 404 g/mol. The van der Waals surface area contributed by atoms with Gasteiger partial charge in [-0.05, 0) is 43.2 Å². The van der Waals surface area contributed by atoms with Gasteiger partial charge < -0.3 is 9.47 Å². The van der Waals surface area contributed by atoms with E-state index in [0.29, 0.717) is 17.4 Å². The lowest BCUT2D eigenvalue weighted by Gasteiger charge is -2.06. The van der Waals surface area contributed by atoms with E-state index in [4.69, 9.17) is 9.47 Å². The Morgan fingerprint density at radius 3 is 2.71 bits per heavy atom. The molecule has 0 radical (unpaired) electrons. The Morgan fingerprint density at radius 2 is 1.96 bits per heavy atom. The third kappa shape index (κ3) is 8.52. The van der Waals surface area contributed by atoms with E-state index in [1.165, 1.54) is 37.0 Å². The van der Waals surface area contributed by atoms with E-state index in [1.54, 1.807) is 13.1 Å². The molecule has 1 aromatic carbocycles. The number of ether oxygens (including phenoxy) is 2. The molecule has 0 spiro atoms. The predicted octanol–water partition coefficient (Wildman–Crippen LogP) is 5.04. The second-order valence-electron chi connectivity index (χ2n) is 6.33. The van der Waals surface area contributed by atoms with Crippen molar-refractivity contribution in [3.05, 3.63) is 40.9 Å². The highest BCUT2D eigenvalue weighted by Crippen LogP contribution is 2.16. The van der Waals surface area contributed by atoms with Crippen LogP contribution in [0.15, 0.2) is 34.7 Å². The van der Waals surface area contributed by atoms with Gasteiger partial charge in [0.15, 0.2) is 0 Å². The smallest absolute Gasteiger partial charge is 0.311 e. The summed E-state index contributed by atoms with van der Waals surface area (Å²) in [6.45, 7) is 5.14. The summed E-state index contributed by atoms with van der Waals surface area (Å²) in [4.78, 5) is 15.8. The van der Waals surface area contributed by atoms with Gasteiger partial charge in [0.2, 0.25) is 5.13 Å². The predicted molar refractivity (Wildman–Crippen MR) is 114 cm³/mol. The highest BCUT2D eigenvalue weighted by atomic mass is 32.1. The van der Waals surface area contributed by atoms with Crippen molar-refractivity contribution in [1.29, 1.82) is 0 Å². The number of hydrazone groups is 1. The molecule has 0 aliphatic rings. The number of carbonyl (C=O) groups is 1. The zero-order valence-electron chi connectivity index (χ0n) is 16.6. The van der Waals surface area contributed by atoms with Gasteiger partial charge in [0, 0.05) is 5.38 Å². The van der Waals surface area contributed by atoms with Crippen molar-refractivity contribution in [2.45, 2.75) is 52.4 Å². The van der Waals surface area contributed by atoms with E-state index in [0.717, 1.165) is 24.3 Å². The van der Waals surface area contributed by atoms with Gasteiger partial charge in [-0.25, -0.2) is 4.98 Å². The molecule has 0 aliphatic carbocycles. The van der Waals surface area contributed by atoms with Crippen LogP contribution in [-0.4, -0.2) is 30.4 Å². The molecule has 0 amide bonds. The van der Waals surface area contributed by atoms with Gasteiger partial charge in [0.25, 0.3) is 0 Å². The van der Waals surface area contributed by atoms with Crippen LogP contribution in [0, 0.1) is 0 Å². The van der Waals surface area contributed by atoms with E-state index in [9.17, 15) is 4.79 Å². The fraction of sp³-hybridized carbons (Fsp3) is 0.476. The van der Waals surface area contributed by atoms with Crippen molar-refractivity contribution in [3.63, 3.8) is 0 Å². The third-order valence-electron chi connectivity index (χ3n) is 3.95. The number of esters is 1. The Labute approximate surface area is 171 Å². The molecule has 0 aliphatic heterocycles. The Hall–Kier alpha value is -2.41. The zero-order chi connectivity index (χ0) is 20.0. The van der Waals surface area contributed by atoms with Crippen LogP contribution in [-0.2, 0) is 16.0 Å². The molecule has 0 atom stereocenters. The molecule has 6 nitrogen and oxygen atoms in total. The largest absolute Gasteiger partial charge is 0.494 e. The van der Waals surface area contributed by atoms with Crippen molar-refractivity contribution < 1.29 is 14.3 Å². The number of benzene rings is 1. The normalized spacial score (nSPS) is 10.9. The number of hydrogen-bond donors (Lipinski definition) is 1. The number of hydrogen-bond acceptors (Lipinski definition) is 7. The zero-order valence-corrected chi connectivity index (χ0v) is 17.5. The van der Waals surface area contributed by atoms with Gasteiger partial charge in [-0.1, -0.05) is 32.6 Å². The molecule has 28 heavy (non-hydrogen) atoms. The molecule has 0 saturated heterocycles. The Bertz CT molecular complexity index is 729. The van der Waals surface area contributed by atoms with Crippen LogP contribution < -0.4 is 10.2 Å². The van der Waals surface area contributed by atoms with E-state index in [1.807, 2.05) is 29.6 Å². The van der Waals surface area contributed by atoms with Crippen LogP contribution in [0.2, 0.25) is 0 Å². The van der Waals surface area contributed by atoms with Gasteiger partial charge in [-0.2, -0.15) is 5.10 Å². The summed E-state index contributed by atoms with van der Waals surface area (Å²) in [5.74, 6) is 0.607. The van der Waals surface area contributed by atoms with Gasteiger partial charge in [-0.3, -0.25) is 10.2 Å². The highest BCUT2D eigenvalue weighted by molar-refractivity contribution is 7.13. The second-order valence-corrected chi connectivity index (χ2v) is 7.19. The van der Waals surface area contributed by atoms with Crippen molar-refractivity contribution in [1.82, 2.24) is 4.98 Å². The minimum absolute atomic E-state index is 0.176. The molecular weight excluding hydrogens is 374 g/mol. The van der Waals surface area contributed by atoms with E-state index in [-0.39, 0.29) is 12.4 Å². The monoisotopic (exact) mass is 403 g/mol. The second kappa shape index (κ2) is 12.9. The molecule has 7 heteroatoms. The minimum atomic E-state index is -0.272. The summed E-state index contributed by atoms with van der Waals surface area (Å²) in [6, 6.07) is 7.83. The van der Waals surface area contributed by atoms with Crippen molar-refractivity contribution in [3.8, 4) is 5.75 Å². The lowest BCUT2D eigenvalue weighted by molar-refractivity contribution is -0.142. The Kier molecular flexibility index (Phi) is 10.1. The van der Waals surface area contributed by atoms with Crippen LogP contribution in [0.1, 0.15) is 57.2 Å². The number of nitrogens with zero attached hydrogens (tertiary/aromatic N) is 2. The van der Waals surface area contributed by atoms with E-state index >= 15 is 0 Å². The molecule has 1 heterocycles. The lowest BCUT2D eigenvalue weighted by atomic mass is 10.2. The van der Waals surface area contributed by atoms with Gasteiger partial charge in [0.1, 0.15) is 5.75 Å². The molecule has 0 unspecified atom stereocenters. The van der Waals surface area contributed by atoms with E-state index < -0.39 is 0 Å². The Morgan fingerprint density at radius 1 is 1.18 bits per heavy atom. The first-order valence-corrected chi connectivity index (χ1v) is 10.7. The van der Waals surface area contributed by atoms with Crippen LogP contribution in [0.3, 0.4) is 0 Å². The van der Waals surface area contributed by atoms with Crippen LogP contribution in [0.4, 0.5) is 5.13 Å². The maximum atomic E-state index is 11.5. The number of nitrogens with one attached hydrogen (secondary N) is 1. The maximum Gasteiger partial charge on any atom is 0.311 e. The fourth-order valence-electron chi connectivity index (χ4n) is 2.51. The molecule has 0 fully saturated rings. The molecule has 2 aromatic rings. The number of unbranched alkanes of at least 4 members (excludes halogenated alkanes) is 4. The number of thiazole rings is 1. The minimum Gasteiger partial charge on any atom is -0.494 e. The molecular formula is C21H29N3O3S. The van der Waals surface area contributed by atoms with Gasteiger partial charge >= 0.3 is 5.97 Å². The fourth-order valence-corrected chi connectivity index (χ4v) is 3.17. The molecule has 1 N–H and O–H groups in total. The maximum absolute atomic E-state index is 11.5. The van der Waals surface area contributed by atoms with Crippen molar-refractivity contribution >= 4 is 28.7 Å². The lowest BCUT2D eigenvalue weighted by Crippen LogP contribution is -2.07. The molecule has 152 valence electrons. The topological polar surface area (TPSA) is 72.8 Å². The van der Waals surface area contributed by atoms with Crippen LogP contribution >= 0.6 is 11.3 Å². The molecule has 0 saturated carbocycles. The quantitative estimate of drug-likeness (QED) is 0.219. The number of anilines is 1. The highest BCUT2D eigenvalue weighted by Gasteiger charge is 2.07. The van der Waals surface area contributed by atoms with Crippen molar-refractivity contribution in [2.24, 2.45) is 5.10 Å². The average Bonchev–Trinajstić information content (AvgIpc) is 3.13. The number of carbonyl (C=O) groups excluding carboxylic acids is 1. The first kappa shape index (κ1) is 21.9. The molecule has 2 rings (SSSR count). The van der Waals surface area contributed by atoms with Crippen LogP contribution in [0.5, 0.6) is 5.75 Å². The van der Waals surface area contributed by atoms with Gasteiger partial charge in [0.05, 0.1) is 31.5 Å². The summed E-state index contributed by atoms with van der Waals surface area (Å²) in [7, 11) is 0. The Balaban J connectivity index is 1.71. The van der Waals surface area contributed by atoms with E-state index in [2.05, 4.69) is 22.4 Å². The standard InChI is InChI=1S/C21H29N3O3S/c1-3-5-6-7-8-13-27-19-11-9-17(10-12-19)15-22-24-21-23-18(16-28-21)14-20(25)26-4-2/h9-12,15-16H,3-8,13-14H2,1-2H3,(H,23,24). The first-order chi connectivity index (χ1) is 13.7. The molecule has 0 bridgehead atoms. The van der Waals surface area contributed by atoms with Crippen LogP contribution in [0.25, 0.3) is 0 Å². The van der Waals surface area contributed by atoms with Crippen molar-refractivity contribution in [2.75, 3.05) is 18.6 Å². The number of rotatable bonds is 13. The number of aromatic nitrogens is 1. The summed E-state index contributed by atoms with van der Waals surface area (Å²) in [5, 5.41) is 6.65. The van der Waals surface area contributed by atoms with Gasteiger partial charge in [-0.15, -0.1) is 11.3 Å². The molecule has 1 aromatic heterocycles. The summed E-state index contributed by atoms with van der Waals surface area (Å²) in [6.07, 6.45) is 8.07. The third-order valence-corrected chi connectivity index (χ3v) is 4.75. The summed E-state index contributed by atoms with van der Waals surface area (Å²) >= 11 is 1.40. The first-order valence-electron chi connectivity index (χ1n) is 9.83. The SMILES string of the molecule is CCCCCCCOc1ccc(C=NNc2nc(CC(=O)OCC)cs2)cc1. The summed E-state index contributed by atoms with van der Waals surface area (Å²) < 4.78 is 10.7.